The van der Waals surface area contributed by atoms with Crippen LogP contribution in [0.15, 0.2) is 66.4 Å². The van der Waals surface area contributed by atoms with Gasteiger partial charge in [0.25, 0.3) is 0 Å². The number of aromatic nitrogens is 6. The lowest BCUT2D eigenvalue weighted by atomic mass is 10.1. The second-order valence-electron chi connectivity index (χ2n) is 16.0. The lowest BCUT2D eigenvalue weighted by Gasteiger charge is -2.42. The van der Waals surface area contributed by atoms with E-state index in [1.807, 2.05) is 32.6 Å². The van der Waals surface area contributed by atoms with Gasteiger partial charge in [-0.15, -0.1) is 11.3 Å². The molecule has 0 radical (unpaired) electrons. The molecule has 6 aromatic rings. The van der Waals surface area contributed by atoms with Gasteiger partial charge in [0.2, 0.25) is 11.8 Å². The van der Waals surface area contributed by atoms with E-state index >= 15 is 0 Å². The van der Waals surface area contributed by atoms with Crippen LogP contribution in [0.5, 0.6) is 0 Å². The Bertz CT molecular complexity index is 2580. The molecule has 1 saturated heterocycles. The van der Waals surface area contributed by atoms with E-state index in [1.54, 1.807) is 66.1 Å². The number of anilines is 5. The van der Waals surface area contributed by atoms with E-state index in [2.05, 4.69) is 38.7 Å². The summed E-state index contributed by atoms with van der Waals surface area (Å²) in [7, 11) is 3.51. The SMILES string of the molecule is C1CCOC1.CC[C@@H]1C(=O)N(C)c2cnc(-c3sc(N)nc3-c3ccc(F)cc3)nc2N1C(C)C.CC[C@@H]1C(=O)N(C)c2cnc(-c3scnc3-c3ccc(F)cc3)nc2N1C(C)C. The number of likely N-dealkylation sites (N-methyl/N-ethyl adjacent to an activating group) is 2. The summed E-state index contributed by atoms with van der Waals surface area (Å²) in [6.45, 7) is 14.2. The number of thiazole rings is 2. The van der Waals surface area contributed by atoms with E-state index in [1.165, 1.54) is 59.8 Å². The van der Waals surface area contributed by atoms with E-state index in [0.717, 1.165) is 40.7 Å². The first-order chi connectivity index (χ1) is 30.7. The summed E-state index contributed by atoms with van der Waals surface area (Å²) >= 11 is 2.72. The van der Waals surface area contributed by atoms with Gasteiger partial charge >= 0.3 is 0 Å². The average Bonchev–Trinajstić information content (AvgIpc) is 4.11. The summed E-state index contributed by atoms with van der Waals surface area (Å²) in [6, 6.07) is 12.0. The van der Waals surface area contributed by atoms with Gasteiger partial charge in [0, 0.05) is 50.5 Å². The number of nitrogens with zero attached hydrogens (tertiary/aromatic N) is 10. The predicted octanol–water partition coefficient (Wildman–Crippen LogP) is 9.13. The fourth-order valence-electron chi connectivity index (χ4n) is 7.99. The Kier molecular flexibility index (Phi) is 14.3. The number of nitrogen functional groups attached to an aromatic ring is 1. The number of nitrogens with two attached hydrogens (primary N) is 1. The largest absolute Gasteiger partial charge is 0.381 e. The van der Waals surface area contributed by atoms with Crippen molar-refractivity contribution in [2.75, 3.05) is 52.6 Å². The number of hydrogen-bond acceptors (Lipinski definition) is 14. The molecule has 0 aliphatic carbocycles. The van der Waals surface area contributed by atoms with Crippen LogP contribution in [0.3, 0.4) is 0 Å². The van der Waals surface area contributed by atoms with Crippen molar-refractivity contribution in [2.45, 2.75) is 91.4 Å². The van der Waals surface area contributed by atoms with Gasteiger partial charge in [-0.05, 0) is 102 Å². The van der Waals surface area contributed by atoms with Crippen molar-refractivity contribution in [3.8, 4) is 43.9 Å². The van der Waals surface area contributed by atoms with Gasteiger partial charge in [0.05, 0.1) is 34.2 Å². The van der Waals surface area contributed by atoms with Gasteiger partial charge in [-0.3, -0.25) is 9.59 Å². The van der Waals surface area contributed by atoms with Crippen LogP contribution in [0, 0.1) is 11.6 Å². The average molecular weight is 910 g/mol. The standard InChI is InChI=1S/C21H23FN6OS.C21H22FN5OS.C4H8O/c1-5-14-20(29)27(4)15-10-24-18(26-19(15)28(14)11(2)3)17-16(25-21(23)30-17)12-6-8-13(22)9-7-12;1-5-15-21(28)26(4)16-10-23-19(25-20(16)27(15)12(2)3)18-17(24-11-29-18)13-6-8-14(22)9-7-13;1-2-4-5-3-1/h6-11,14H,5H2,1-4H3,(H2,23,25);6-12,15H,5H2,1-4H3;1-4H2/t14-;15-;/m11./s1. The van der Waals surface area contributed by atoms with Crippen LogP contribution in [0.1, 0.15) is 67.2 Å². The van der Waals surface area contributed by atoms with Gasteiger partial charge in [-0.2, -0.15) is 0 Å². The van der Waals surface area contributed by atoms with Crippen LogP contribution >= 0.6 is 22.7 Å². The predicted molar refractivity (Wildman–Crippen MR) is 252 cm³/mol. The molecular formula is C46H53F2N11O3S2. The fraction of sp³-hybridized carbons (Fsp3) is 0.391. The van der Waals surface area contributed by atoms with E-state index in [4.69, 9.17) is 20.4 Å². The van der Waals surface area contributed by atoms with E-state index in [9.17, 15) is 18.4 Å². The highest BCUT2D eigenvalue weighted by Crippen LogP contribution is 2.42. The number of carbonyl (C=O) groups excluding carboxylic acids is 2. The smallest absolute Gasteiger partial charge is 0.249 e. The normalized spacial score (nSPS) is 17.0. The highest BCUT2D eigenvalue weighted by atomic mass is 32.1. The molecule has 64 heavy (non-hydrogen) atoms. The van der Waals surface area contributed by atoms with Crippen LogP contribution in [-0.4, -0.2) is 93.2 Å². The molecule has 0 bridgehead atoms. The zero-order valence-corrected chi connectivity index (χ0v) is 38.9. The first kappa shape index (κ1) is 46.0. The van der Waals surface area contributed by atoms with Crippen molar-refractivity contribution < 1.29 is 23.1 Å². The van der Waals surface area contributed by atoms with Gasteiger partial charge in [0.1, 0.15) is 40.0 Å². The number of halogens is 2. The minimum Gasteiger partial charge on any atom is -0.381 e. The molecule has 4 aromatic heterocycles. The molecular weight excluding hydrogens is 857 g/mol. The molecule has 0 unspecified atom stereocenters. The van der Waals surface area contributed by atoms with Gasteiger partial charge in [0.15, 0.2) is 28.4 Å². The zero-order valence-electron chi connectivity index (χ0n) is 37.2. The number of rotatable bonds is 8. The Hall–Kier alpha value is -5.98. The summed E-state index contributed by atoms with van der Waals surface area (Å²) in [6.07, 6.45) is 7.29. The summed E-state index contributed by atoms with van der Waals surface area (Å²) in [4.78, 5) is 62.2. The molecule has 7 heterocycles. The van der Waals surface area contributed by atoms with Gasteiger partial charge < -0.3 is 30.1 Å². The van der Waals surface area contributed by atoms with Crippen molar-refractivity contribution in [1.29, 1.82) is 0 Å². The molecule has 1 fully saturated rings. The Morgan fingerprint density at radius 3 is 1.56 bits per heavy atom. The van der Waals surface area contributed by atoms with Crippen LogP contribution in [0.4, 0.5) is 36.9 Å². The molecule has 9 rings (SSSR count). The van der Waals surface area contributed by atoms with Crippen molar-refractivity contribution in [3.05, 3.63) is 78.1 Å². The number of amides is 2. The second kappa shape index (κ2) is 19.8. The monoisotopic (exact) mass is 909 g/mol. The van der Waals surface area contributed by atoms with Crippen LogP contribution in [0.25, 0.3) is 43.9 Å². The highest BCUT2D eigenvalue weighted by Gasteiger charge is 2.40. The topological polar surface area (TPSA) is 160 Å². The Morgan fingerprint density at radius 2 is 1.14 bits per heavy atom. The third-order valence-corrected chi connectivity index (χ3v) is 12.9. The molecule has 0 saturated carbocycles. The molecule has 3 aliphatic heterocycles. The Labute approximate surface area is 380 Å². The lowest BCUT2D eigenvalue weighted by molar-refractivity contribution is -0.120. The van der Waals surface area contributed by atoms with E-state index < -0.39 is 0 Å². The summed E-state index contributed by atoms with van der Waals surface area (Å²) in [5.74, 6) is 1.96. The minimum absolute atomic E-state index is 0.0316. The maximum absolute atomic E-state index is 13.4. The van der Waals surface area contributed by atoms with Crippen molar-refractivity contribution in [3.63, 3.8) is 0 Å². The molecule has 3 aliphatic rings. The third kappa shape index (κ3) is 9.30. The summed E-state index contributed by atoms with van der Waals surface area (Å²) in [5.41, 5.74) is 12.0. The molecule has 2 amide bonds. The molecule has 336 valence electrons. The molecule has 18 heteroatoms. The number of benzene rings is 2. The van der Waals surface area contributed by atoms with E-state index in [-0.39, 0.29) is 47.6 Å². The minimum atomic E-state index is -0.320. The quantitative estimate of drug-likeness (QED) is 0.155. The molecule has 2 N–H and O–H groups in total. The molecule has 0 spiro atoms. The number of ether oxygens (including phenoxy) is 1. The van der Waals surface area contributed by atoms with Crippen LogP contribution < -0.4 is 25.3 Å². The summed E-state index contributed by atoms with van der Waals surface area (Å²) in [5, 5.41) is 0.380. The second-order valence-corrected chi connectivity index (χ2v) is 17.9. The third-order valence-electron chi connectivity index (χ3n) is 11.2. The van der Waals surface area contributed by atoms with Crippen LogP contribution in [0.2, 0.25) is 0 Å². The first-order valence-electron chi connectivity index (χ1n) is 21.4. The van der Waals surface area contributed by atoms with Crippen molar-refractivity contribution in [2.24, 2.45) is 0 Å². The first-order valence-corrected chi connectivity index (χ1v) is 23.1. The van der Waals surface area contributed by atoms with Crippen LogP contribution in [-0.2, 0) is 14.3 Å². The van der Waals surface area contributed by atoms with E-state index in [0.29, 0.717) is 57.4 Å². The Morgan fingerprint density at radius 1 is 0.688 bits per heavy atom. The molecule has 14 nitrogen and oxygen atoms in total. The van der Waals surface area contributed by atoms with Gasteiger partial charge in [-0.1, -0.05) is 25.2 Å². The lowest BCUT2D eigenvalue weighted by Crippen LogP contribution is -2.54. The number of carbonyl (C=O) groups is 2. The maximum Gasteiger partial charge on any atom is 0.249 e. The molecule has 2 atom stereocenters. The fourth-order valence-corrected chi connectivity index (χ4v) is 9.54. The Balaban J connectivity index is 0.000000172. The zero-order chi connectivity index (χ0) is 45.8. The number of hydrogen-bond donors (Lipinski definition) is 1. The van der Waals surface area contributed by atoms with Gasteiger partial charge in [-0.25, -0.2) is 38.7 Å². The summed E-state index contributed by atoms with van der Waals surface area (Å²) < 4.78 is 31.6. The van der Waals surface area contributed by atoms with Crippen molar-refractivity contribution >= 4 is 62.6 Å². The number of fused-ring (bicyclic) bond motifs is 2. The molecule has 2 aromatic carbocycles. The van der Waals surface area contributed by atoms with Crippen molar-refractivity contribution in [1.82, 2.24) is 29.9 Å². The highest BCUT2D eigenvalue weighted by molar-refractivity contribution is 7.19. The maximum atomic E-state index is 13.4.